The van der Waals surface area contributed by atoms with Gasteiger partial charge < -0.3 is 14.6 Å². The van der Waals surface area contributed by atoms with Gasteiger partial charge in [-0.3, -0.25) is 9.69 Å². The highest BCUT2D eigenvalue weighted by Crippen LogP contribution is 2.19. The second-order valence-electron chi connectivity index (χ2n) is 5.17. The average Bonchev–Trinajstić information content (AvgIpc) is 2.95. The van der Waals surface area contributed by atoms with Gasteiger partial charge in [-0.25, -0.2) is 4.39 Å². The third-order valence-electron chi connectivity index (χ3n) is 3.15. The summed E-state index contributed by atoms with van der Waals surface area (Å²) in [6.07, 6.45) is 0. The molecule has 1 heterocycles. The van der Waals surface area contributed by atoms with Crippen LogP contribution in [0.3, 0.4) is 0 Å². The molecular formula is C15H19FN4O3. The summed E-state index contributed by atoms with van der Waals surface area (Å²) in [5.74, 6) is 0.130. The number of methoxy groups -OCH3 is 1. The first-order valence-corrected chi connectivity index (χ1v) is 7.01. The van der Waals surface area contributed by atoms with E-state index < -0.39 is 6.04 Å². The van der Waals surface area contributed by atoms with Gasteiger partial charge in [0.05, 0.1) is 6.54 Å². The van der Waals surface area contributed by atoms with Crippen LogP contribution in [0.2, 0.25) is 0 Å². The minimum atomic E-state index is -0.541. The first-order chi connectivity index (χ1) is 11.0. The lowest BCUT2D eigenvalue weighted by molar-refractivity contribution is -0.126. The second-order valence-corrected chi connectivity index (χ2v) is 5.17. The Morgan fingerprint density at radius 1 is 1.39 bits per heavy atom. The van der Waals surface area contributed by atoms with Crippen molar-refractivity contribution in [1.29, 1.82) is 0 Å². The molecule has 2 rings (SSSR count). The minimum Gasteiger partial charge on any atom is -0.375 e. The normalized spacial score (nSPS) is 12.4. The Labute approximate surface area is 133 Å². The fourth-order valence-electron chi connectivity index (χ4n) is 2.14. The number of amides is 1. The van der Waals surface area contributed by atoms with Crippen LogP contribution in [-0.4, -0.2) is 42.2 Å². The van der Waals surface area contributed by atoms with Crippen molar-refractivity contribution in [3.05, 3.63) is 47.4 Å². The van der Waals surface area contributed by atoms with E-state index in [1.807, 2.05) is 0 Å². The van der Waals surface area contributed by atoms with E-state index in [1.54, 1.807) is 31.1 Å². The molecular weight excluding hydrogens is 303 g/mol. The van der Waals surface area contributed by atoms with E-state index in [-0.39, 0.29) is 24.9 Å². The summed E-state index contributed by atoms with van der Waals surface area (Å²) < 4.78 is 22.9. The zero-order valence-corrected chi connectivity index (χ0v) is 13.2. The van der Waals surface area contributed by atoms with Gasteiger partial charge in [-0.2, -0.15) is 4.98 Å². The molecule has 0 radical (unpaired) electrons. The van der Waals surface area contributed by atoms with Gasteiger partial charge in [0, 0.05) is 7.11 Å². The predicted octanol–water partition coefficient (Wildman–Crippen LogP) is 1.27. The zero-order chi connectivity index (χ0) is 16.8. The molecule has 0 fully saturated rings. The van der Waals surface area contributed by atoms with Gasteiger partial charge in [-0.05, 0) is 31.8 Å². The van der Waals surface area contributed by atoms with Crippen LogP contribution < -0.4 is 5.32 Å². The lowest BCUT2D eigenvalue weighted by atomic mass is 10.1. The number of benzene rings is 1. The molecule has 1 aromatic carbocycles. The first-order valence-electron chi connectivity index (χ1n) is 7.01. The minimum absolute atomic E-state index is 0.136. The molecule has 23 heavy (non-hydrogen) atoms. The molecule has 7 nitrogen and oxygen atoms in total. The van der Waals surface area contributed by atoms with Gasteiger partial charge in [-0.1, -0.05) is 17.3 Å². The molecule has 0 aliphatic rings. The van der Waals surface area contributed by atoms with Gasteiger partial charge >= 0.3 is 0 Å². The summed E-state index contributed by atoms with van der Waals surface area (Å²) in [6.45, 7) is 0.356. The number of nitrogens with zero attached hydrogens (tertiary/aromatic N) is 3. The number of halogens is 1. The summed E-state index contributed by atoms with van der Waals surface area (Å²) in [5, 5.41) is 6.50. The quantitative estimate of drug-likeness (QED) is 0.827. The Kier molecular flexibility index (Phi) is 5.78. The molecule has 1 atom stereocenters. The van der Waals surface area contributed by atoms with Crippen molar-refractivity contribution < 1.29 is 18.4 Å². The molecule has 1 aromatic heterocycles. The number of nitrogens with one attached hydrogen (secondary N) is 1. The maximum absolute atomic E-state index is 13.0. The second kappa shape index (κ2) is 7.80. The van der Waals surface area contributed by atoms with Gasteiger partial charge in [0.25, 0.3) is 5.89 Å². The monoisotopic (exact) mass is 322 g/mol. The van der Waals surface area contributed by atoms with Gasteiger partial charge in [0.15, 0.2) is 5.82 Å². The summed E-state index contributed by atoms with van der Waals surface area (Å²) in [6, 6.07) is 5.29. The number of aromatic nitrogens is 2. The van der Waals surface area contributed by atoms with Crippen molar-refractivity contribution >= 4 is 5.91 Å². The van der Waals surface area contributed by atoms with Crippen LogP contribution in [0.15, 0.2) is 28.8 Å². The largest absolute Gasteiger partial charge is 0.375 e. The van der Waals surface area contributed by atoms with Crippen LogP contribution in [0, 0.1) is 5.82 Å². The van der Waals surface area contributed by atoms with Crippen molar-refractivity contribution in [3.8, 4) is 0 Å². The fraction of sp³-hybridized carbons (Fsp3) is 0.400. The topological polar surface area (TPSA) is 80.5 Å². The van der Waals surface area contributed by atoms with Crippen LogP contribution in [-0.2, 0) is 22.7 Å². The summed E-state index contributed by atoms with van der Waals surface area (Å²) in [4.78, 5) is 18.2. The Bertz CT molecular complexity index is 642. The van der Waals surface area contributed by atoms with E-state index in [1.165, 1.54) is 19.2 Å². The van der Waals surface area contributed by atoms with E-state index in [2.05, 4.69) is 15.5 Å². The highest BCUT2D eigenvalue weighted by molar-refractivity contribution is 5.83. The van der Waals surface area contributed by atoms with E-state index in [4.69, 9.17) is 9.26 Å². The molecule has 0 bridgehead atoms. The maximum atomic E-state index is 13.0. The third kappa shape index (κ3) is 4.57. The average molecular weight is 322 g/mol. The smallest absolute Gasteiger partial charge is 0.252 e. The Morgan fingerprint density at radius 2 is 2.09 bits per heavy atom. The molecule has 1 N–H and O–H groups in total. The van der Waals surface area contributed by atoms with Crippen molar-refractivity contribution in [2.75, 3.05) is 21.2 Å². The van der Waals surface area contributed by atoms with Crippen LogP contribution >= 0.6 is 0 Å². The van der Waals surface area contributed by atoms with Crippen molar-refractivity contribution in [2.24, 2.45) is 0 Å². The number of rotatable bonds is 7. The van der Waals surface area contributed by atoms with Crippen LogP contribution in [0.5, 0.6) is 0 Å². The van der Waals surface area contributed by atoms with E-state index >= 15 is 0 Å². The highest BCUT2D eigenvalue weighted by atomic mass is 19.1. The lowest BCUT2D eigenvalue weighted by Gasteiger charge is -2.23. The van der Waals surface area contributed by atoms with Crippen LogP contribution in [0.1, 0.15) is 23.3 Å². The molecule has 1 amide bonds. The van der Waals surface area contributed by atoms with Gasteiger partial charge in [0.1, 0.15) is 18.5 Å². The summed E-state index contributed by atoms with van der Waals surface area (Å²) in [7, 11) is 5.08. The number of carbonyl (C=O) groups excluding carboxylic acids is 1. The number of hydrogen-bond donors (Lipinski definition) is 1. The Morgan fingerprint density at radius 3 is 2.70 bits per heavy atom. The fourth-order valence-corrected chi connectivity index (χ4v) is 2.14. The number of ether oxygens (including phenoxy) is 1. The molecule has 0 unspecified atom stereocenters. The van der Waals surface area contributed by atoms with E-state index in [9.17, 15) is 9.18 Å². The number of hydrogen-bond acceptors (Lipinski definition) is 6. The van der Waals surface area contributed by atoms with Crippen molar-refractivity contribution in [3.63, 3.8) is 0 Å². The van der Waals surface area contributed by atoms with Gasteiger partial charge in [0.2, 0.25) is 5.91 Å². The molecule has 0 saturated heterocycles. The SMILES string of the molecule is COCc1nc(CNC(=O)[C@@H](c2ccc(F)cc2)N(C)C)no1. The molecule has 0 aliphatic heterocycles. The summed E-state index contributed by atoms with van der Waals surface area (Å²) >= 11 is 0. The van der Waals surface area contributed by atoms with E-state index in [0.29, 0.717) is 17.3 Å². The third-order valence-corrected chi connectivity index (χ3v) is 3.15. The summed E-state index contributed by atoms with van der Waals surface area (Å²) in [5.41, 5.74) is 0.696. The van der Waals surface area contributed by atoms with Gasteiger partial charge in [-0.15, -0.1) is 0 Å². The lowest BCUT2D eigenvalue weighted by Crippen LogP contribution is -2.36. The highest BCUT2D eigenvalue weighted by Gasteiger charge is 2.23. The first kappa shape index (κ1) is 17.0. The Hall–Kier alpha value is -2.32. The predicted molar refractivity (Wildman–Crippen MR) is 79.7 cm³/mol. The van der Waals surface area contributed by atoms with Crippen molar-refractivity contribution in [1.82, 2.24) is 20.4 Å². The Balaban J connectivity index is 2.02. The number of carbonyl (C=O) groups is 1. The molecule has 0 spiro atoms. The van der Waals surface area contributed by atoms with Crippen LogP contribution in [0.4, 0.5) is 4.39 Å². The molecule has 0 saturated carbocycles. The van der Waals surface area contributed by atoms with E-state index in [0.717, 1.165) is 0 Å². The van der Waals surface area contributed by atoms with Crippen molar-refractivity contribution in [2.45, 2.75) is 19.2 Å². The maximum Gasteiger partial charge on any atom is 0.252 e. The molecule has 2 aromatic rings. The number of likely N-dealkylation sites (N-methyl/N-ethyl adjacent to an activating group) is 1. The standard InChI is InChI=1S/C15H19FN4O3/c1-20(2)14(10-4-6-11(16)7-5-10)15(21)17-8-12-18-13(9-22-3)23-19-12/h4-7,14H,8-9H2,1-3H3,(H,17,21)/t14-/m1/s1. The molecule has 124 valence electrons. The molecule has 8 heteroatoms. The molecule has 0 aliphatic carbocycles. The zero-order valence-electron chi connectivity index (χ0n) is 13.2. The van der Waals surface area contributed by atoms with Crippen LogP contribution in [0.25, 0.3) is 0 Å².